The Morgan fingerprint density at radius 1 is 1.41 bits per heavy atom. The Morgan fingerprint density at radius 3 is 2.93 bits per heavy atom. The second kappa shape index (κ2) is 8.58. The summed E-state index contributed by atoms with van der Waals surface area (Å²) in [5, 5.41) is 17.7. The second-order valence-corrected chi connectivity index (χ2v) is 6.71. The van der Waals surface area contributed by atoms with Crippen LogP contribution < -0.4 is 0 Å². The van der Waals surface area contributed by atoms with Gasteiger partial charge in [0, 0.05) is 18.3 Å². The van der Waals surface area contributed by atoms with E-state index in [-0.39, 0.29) is 31.2 Å². The maximum absolute atomic E-state index is 11.6. The molecule has 8 nitrogen and oxygen atoms in total. The van der Waals surface area contributed by atoms with E-state index in [4.69, 9.17) is 14.5 Å². The van der Waals surface area contributed by atoms with Crippen molar-refractivity contribution in [3.63, 3.8) is 0 Å². The van der Waals surface area contributed by atoms with E-state index in [1.165, 1.54) is 7.11 Å². The fourth-order valence-corrected chi connectivity index (χ4v) is 3.52. The van der Waals surface area contributed by atoms with Crippen molar-refractivity contribution in [1.29, 1.82) is 0 Å². The lowest BCUT2D eigenvalue weighted by atomic mass is 9.95. The van der Waals surface area contributed by atoms with Crippen LogP contribution in [-0.4, -0.2) is 44.3 Å². The predicted octanol–water partition coefficient (Wildman–Crippen LogP) is 2.11. The molecule has 8 heteroatoms. The van der Waals surface area contributed by atoms with Crippen LogP contribution in [0.1, 0.15) is 55.7 Å². The van der Waals surface area contributed by atoms with Crippen LogP contribution in [0.4, 0.5) is 0 Å². The number of pyridine rings is 1. The summed E-state index contributed by atoms with van der Waals surface area (Å²) in [5.74, 6) is -0.246. The van der Waals surface area contributed by atoms with E-state index in [9.17, 15) is 9.90 Å². The van der Waals surface area contributed by atoms with Gasteiger partial charge in [-0.2, -0.15) is 0 Å². The van der Waals surface area contributed by atoms with E-state index in [1.54, 1.807) is 11.7 Å². The van der Waals surface area contributed by atoms with E-state index in [0.717, 1.165) is 36.9 Å². The number of aromatic nitrogens is 4. The van der Waals surface area contributed by atoms with Gasteiger partial charge in [0.15, 0.2) is 0 Å². The number of rotatable bonds is 6. The zero-order valence-corrected chi connectivity index (χ0v) is 16.0. The lowest BCUT2D eigenvalue weighted by Gasteiger charge is -2.30. The van der Waals surface area contributed by atoms with Crippen molar-refractivity contribution in [2.75, 3.05) is 7.11 Å². The maximum atomic E-state index is 11.6. The summed E-state index contributed by atoms with van der Waals surface area (Å²) in [7, 11) is 3.14. The summed E-state index contributed by atoms with van der Waals surface area (Å²) in [6.45, 7) is 1.90. The van der Waals surface area contributed by atoms with Crippen molar-refractivity contribution >= 4 is 5.97 Å². The SMILES string of the molecule is CCc1nc(-c2nnn(C)c2CO)ccc1[C@H]1CCC[C@@H](CC(=O)OC)O1. The molecule has 0 saturated carbocycles. The molecule has 2 atom stereocenters. The number of ether oxygens (including phenoxy) is 2. The first-order valence-electron chi connectivity index (χ1n) is 9.29. The average molecular weight is 374 g/mol. The van der Waals surface area contributed by atoms with E-state index in [2.05, 4.69) is 10.3 Å². The zero-order valence-electron chi connectivity index (χ0n) is 16.0. The monoisotopic (exact) mass is 374 g/mol. The summed E-state index contributed by atoms with van der Waals surface area (Å²) in [4.78, 5) is 16.3. The Balaban J connectivity index is 1.85. The minimum absolute atomic E-state index is 0.0796. The largest absolute Gasteiger partial charge is 0.469 e. The Bertz CT molecular complexity index is 805. The third kappa shape index (κ3) is 4.17. The molecular weight excluding hydrogens is 348 g/mol. The topological polar surface area (TPSA) is 99.4 Å². The molecule has 0 amide bonds. The molecule has 0 aliphatic carbocycles. The van der Waals surface area contributed by atoms with Crippen LogP contribution in [0.3, 0.4) is 0 Å². The van der Waals surface area contributed by atoms with Gasteiger partial charge in [0.2, 0.25) is 0 Å². The molecule has 1 saturated heterocycles. The third-order valence-electron chi connectivity index (χ3n) is 5.00. The summed E-state index contributed by atoms with van der Waals surface area (Å²) in [6, 6.07) is 3.91. The number of aliphatic hydroxyl groups is 1. The molecule has 2 aromatic heterocycles. The van der Waals surface area contributed by atoms with E-state index >= 15 is 0 Å². The Hall–Kier alpha value is -2.32. The summed E-state index contributed by atoms with van der Waals surface area (Å²) in [5.41, 5.74) is 3.89. The first-order chi connectivity index (χ1) is 13.1. The quantitative estimate of drug-likeness (QED) is 0.773. The lowest BCUT2D eigenvalue weighted by molar-refractivity contribution is -0.147. The number of esters is 1. The third-order valence-corrected chi connectivity index (χ3v) is 5.00. The van der Waals surface area contributed by atoms with E-state index in [0.29, 0.717) is 17.1 Å². The van der Waals surface area contributed by atoms with Gasteiger partial charge in [-0.05, 0) is 31.7 Å². The van der Waals surface area contributed by atoms with Gasteiger partial charge in [-0.3, -0.25) is 9.78 Å². The Morgan fingerprint density at radius 2 is 2.22 bits per heavy atom. The van der Waals surface area contributed by atoms with Crippen molar-refractivity contribution in [3.8, 4) is 11.4 Å². The highest BCUT2D eigenvalue weighted by Gasteiger charge is 2.28. The molecule has 1 N–H and O–H groups in total. The maximum Gasteiger partial charge on any atom is 0.308 e. The zero-order chi connectivity index (χ0) is 19.4. The number of aliphatic hydroxyl groups excluding tert-OH is 1. The molecular formula is C19H26N4O4. The predicted molar refractivity (Wildman–Crippen MR) is 97.6 cm³/mol. The molecule has 0 aromatic carbocycles. The number of aryl methyl sites for hydroxylation is 2. The highest BCUT2D eigenvalue weighted by Crippen LogP contribution is 2.35. The molecule has 3 heterocycles. The molecule has 1 fully saturated rings. The molecule has 27 heavy (non-hydrogen) atoms. The van der Waals surface area contributed by atoms with Gasteiger partial charge >= 0.3 is 5.97 Å². The van der Waals surface area contributed by atoms with Gasteiger partial charge < -0.3 is 14.6 Å². The molecule has 2 aromatic rings. The molecule has 0 spiro atoms. The Labute approximate surface area is 158 Å². The molecule has 1 aliphatic rings. The van der Waals surface area contributed by atoms with Gasteiger partial charge in [-0.15, -0.1) is 5.10 Å². The van der Waals surface area contributed by atoms with Crippen LogP contribution in [0.25, 0.3) is 11.4 Å². The van der Waals surface area contributed by atoms with E-state index in [1.807, 2.05) is 19.1 Å². The van der Waals surface area contributed by atoms with Crippen LogP contribution in [-0.2, 0) is 34.3 Å². The number of hydrogen-bond acceptors (Lipinski definition) is 7. The molecule has 1 aliphatic heterocycles. The minimum atomic E-state index is -0.246. The summed E-state index contributed by atoms with van der Waals surface area (Å²) >= 11 is 0. The number of methoxy groups -OCH3 is 1. The summed E-state index contributed by atoms with van der Waals surface area (Å²) < 4.78 is 12.5. The number of carbonyl (C=O) groups excluding carboxylic acids is 1. The van der Waals surface area contributed by atoms with Gasteiger partial charge in [0.1, 0.15) is 5.69 Å². The molecule has 0 bridgehead atoms. The number of carbonyl (C=O) groups is 1. The second-order valence-electron chi connectivity index (χ2n) is 6.71. The van der Waals surface area contributed by atoms with Crippen LogP contribution in [0.2, 0.25) is 0 Å². The standard InChI is InChI=1S/C19H26N4O4/c1-4-14-13(17-7-5-6-12(27-17)10-18(25)26-3)8-9-15(20-14)19-16(11-24)23(2)22-21-19/h8-9,12,17,24H,4-7,10-11H2,1-3H3/t12-,17+/m0/s1. The van der Waals surface area contributed by atoms with Crippen molar-refractivity contribution < 1.29 is 19.4 Å². The van der Waals surface area contributed by atoms with Gasteiger partial charge in [-0.25, -0.2) is 4.68 Å². The fraction of sp³-hybridized carbons (Fsp3) is 0.579. The van der Waals surface area contributed by atoms with Crippen molar-refractivity contribution in [2.24, 2.45) is 7.05 Å². The number of nitrogens with zero attached hydrogens (tertiary/aromatic N) is 4. The highest BCUT2D eigenvalue weighted by molar-refractivity contribution is 5.69. The van der Waals surface area contributed by atoms with Gasteiger partial charge in [0.05, 0.1) is 43.7 Å². The van der Waals surface area contributed by atoms with Crippen molar-refractivity contribution in [2.45, 2.75) is 57.8 Å². The number of hydrogen-bond donors (Lipinski definition) is 1. The normalized spacial score (nSPS) is 19.9. The average Bonchev–Trinajstić information content (AvgIpc) is 3.08. The minimum Gasteiger partial charge on any atom is -0.469 e. The van der Waals surface area contributed by atoms with E-state index < -0.39 is 0 Å². The highest BCUT2D eigenvalue weighted by atomic mass is 16.5. The van der Waals surface area contributed by atoms with Crippen molar-refractivity contribution in [1.82, 2.24) is 20.0 Å². The van der Waals surface area contributed by atoms with Gasteiger partial charge in [0.25, 0.3) is 0 Å². The first kappa shape index (κ1) is 19.4. The van der Waals surface area contributed by atoms with Crippen LogP contribution in [0.5, 0.6) is 0 Å². The smallest absolute Gasteiger partial charge is 0.308 e. The van der Waals surface area contributed by atoms with Crippen LogP contribution in [0.15, 0.2) is 12.1 Å². The Kier molecular flexibility index (Phi) is 6.18. The lowest BCUT2D eigenvalue weighted by Crippen LogP contribution is -2.26. The van der Waals surface area contributed by atoms with Gasteiger partial charge in [-0.1, -0.05) is 18.2 Å². The van der Waals surface area contributed by atoms with Crippen molar-refractivity contribution in [3.05, 3.63) is 29.1 Å². The van der Waals surface area contributed by atoms with Crippen LogP contribution in [0, 0.1) is 0 Å². The summed E-state index contributed by atoms with van der Waals surface area (Å²) in [6.07, 6.45) is 3.58. The first-order valence-corrected chi connectivity index (χ1v) is 9.29. The molecule has 146 valence electrons. The molecule has 0 unspecified atom stereocenters. The fourth-order valence-electron chi connectivity index (χ4n) is 3.52. The molecule has 0 radical (unpaired) electrons. The molecule has 3 rings (SSSR count). The van der Waals surface area contributed by atoms with Crippen LogP contribution >= 0.6 is 0 Å².